The van der Waals surface area contributed by atoms with E-state index in [9.17, 15) is 14.4 Å². The Bertz CT molecular complexity index is 1640. The molecule has 0 saturated carbocycles. The van der Waals surface area contributed by atoms with Crippen molar-refractivity contribution in [3.05, 3.63) is 109 Å². The molecule has 5 rings (SSSR count). The minimum absolute atomic E-state index is 0.129. The maximum atomic E-state index is 13.3. The van der Waals surface area contributed by atoms with Crippen molar-refractivity contribution in [2.24, 2.45) is 0 Å². The lowest BCUT2D eigenvalue weighted by molar-refractivity contribution is -0.122. The van der Waals surface area contributed by atoms with Crippen molar-refractivity contribution in [1.29, 1.82) is 0 Å². The first-order chi connectivity index (χ1) is 18.2. The van der Waals surface area contributed by atoms with Crippen LogP contribution in [0.15, 0.2) is 82.8 Å². The van der Waals surface area contributed by atoms with Gasteiger partial charge in [-0.3, -0.25) is 14.9 Å². The zero-order valence-electron chi connectivity index (χ0n) is 20.5. The smallest absolute Gasteiger partial charge is 0.335 e. The van der Waals surface area contributed by atoms with E-state index in [1.54, 1.807) is 18.2 Å². The number of hydrogen-bond acceptors (Lipinski definition) is 4. The number of amides is 4. The number of aryl methyl sites for hydroxylation is 2. The molecule has 38 heavy (non-hydrogen) atoms. The summed E-state index contributed by atoms with van der Waals surface area (Å²) in [4.78, 5) is 39.4. The molecular weight excluding hydrogens is 659 g/mol. The monoisotopic (exact) mass is 680 g/mol. The molecule has 4 aromatic rings. The van der Waals surface area contributed by atoms with Gasteiger partial charge in [0.25, 0.3) is 11.8 Å². The molecule has 1 aliphatic rings. The summed E-state index contributed by atoms with van der Waals surface area (Å²) in [5.74, 6) is -0.750. The van der Waals surface area contributed by atoms with Crippen molar-refractivity contribution in [1.82, 2.24) is 5.32 Å². The molecule has 1 saturated heterocycles. The summed E-state index contributed by atoms with van der Waals surface area (Å²) in [6.45, 7) is 4.23. The lowest BCUT2D eigenvalue weighted by Gasteiger charge is -2.27. The molecule has 1 aliphatic heterocycles. The van der Waals surface area contributed by atoms with Crippen LogP contribution in [0.2, 0.25) is 0 Å². The average molecular weight is 681 g/mol. The number of carbonyl (C=O) groups excluding carboxylic acids is 3. The normalized spacial score (nSPS) is 14.8. The van der Waals surface area contributed by atoms with Crippen LogP contribution in [0.1, 0.15) is 22.3 Å². The number of benzene rings is 4. The van der Waals surface area contributed by atoms with Crippen LogP contribution >= 0.6 is 38.5 Å². The number of hydrogen-bond donors (Lipinski definition) is 1. The van der Waals surface area contributed by atoms with Crippen LogP contribution in [-0.2, 0) is 16.2 Å². The Balaban J connectivity index is 1.40. The van der Waals surface area contributed by atoms with Crippen LogP contribution in [0, 0.1) is 17.4 Å². The Morgan fingerprint density at radius 1 is 0.921 bits per heavy atom. The second-order valence-electron chi connectivity index (χ2n) is 9.01. The Kier molecular flexibility index (Phi) is 7.36. The van der Waals surface area contributed by atoms with Gasteiger partial charge in [-0.15, -0.1) is 0 Å². The predicted octanol–water partition coefficient (Wildman–Crippen LogP) is 7.07. The number of imide groups is 2. The third-order valence-electron chi connectivity index (χ3n) is 6.38. The Labute approximate surface area is 241 Å². The van der Waals surface area contributed by atoms with Crippen LogP contribution in [0.4, 0.5) is 10.5 Å². The van der Waals surface area contributed by atoms with Gasteiger partial charge < -0.3 is 4.74 Å². The molecule has 1 N–H and O–H groups in total. The topological polar surface area (TPSA) is 75.7 Å². The number of urea groups is 1. The zero-order chi connectivity index (χ0) is 27.0. The molecule has 0 radical (unpaired) electrons. The molecule has 0 bridgehead atoms. The fourth-order valence-corrected chi connectivity index (χ4v) is 5.98. The van der Waals surface area contributed by atoms with E-state index in [-0.39, 0.29) is 5.57 Å². The van der Waals surface area contributed by atoms with Crippen molar-refractivity contribution in [2.45, 2.75) is 20.5 Å². The molecule has 1 fully saturated rings. The number of ether oxygens (including phenoxy) is 1. The van der Waals surface area contributed by atoms with E-state index < -0.39 is 17.8 Å². The van der Waals surface area contributed by atoms with Crippen LogP contribution in [0.3, 0.4) is 0 Å². The van der Waals surface area contributed by atoms with Crippen LogP contribution in [0.5, 0.6) is 5.75 Å². The minimum atomic E-state index is -0.770. The number of barbiturate groups is 1. The molecule has 4 amide bonds. The van der Waals surface area contributed by atoms with Gasteiger partial charge in [0.2, 0.25) is 0 Å². The Hall–Kier alpha value is -3.50. The van der Waals surface area contributed by atoms with E-state index in [1.807, 2.05) is 44.2 Å². The molecule has 6 nitrogen and oxygen atoms in total. The molecule has 0 spiro atoms. The fourth-order valence-electron chi connectivity index (χ4n) is 4.21. The minimum Gasteiger partial charge on any atom is -0.487 e. The van der Waals surface area contributed by atoms with Crippen molar-refractivity contribution in [3.63, 3.8) is 0 Å². The molecule has 190 valence electrons. The maximum Gasteiger partial charge on any atom is 0.335 e. The summed E-state index contributed by atoms with van der Waals surface area (Å²) in [6.07, 6.45) is 1.48. The van der Waals surface area contributed by atoms with Gasteiger partial charge in [-0.25, -0.2) is 9.69 Å². The van der Waals surface area contributed by atoms with E-state index in [1.165, 1.54) is 11.5 Å². The molecule has 0 atom stereocenters. The van der Waals surface area contributed by atoms with Crippen molar-refractivity contribution < 1.29 is 19.1 Å². The number of carbonyl (C=O) groups is 3. The van der Waals surface area contributed by atoms with Crippen LogP contribution in [0.25, 0.3) is 16.8 Å². The lowest BCUT2D eigenvalue weighted by Crippen LogP contribution is -2.54. The Morgan fingerprint density at radius 2 is 1.68 bits per heavy atom. The lowest BCUT2D eigenvalue weighted by atomic mass is 10.0. The summed E-state index contributed by atoms with van der Waals surface area (Å²) >= 11 is 5.73. The van der Waals surface area contributed by atoms with E-state index in [0.717, 1.165) is 30.5 Å². The fraction of sp³-hybridized carbons (Fsp3) is 0.100. The van der Waals surface area contributed by atoms with E-state index in [2.05, 4.69) is 68.1 Å². The molecule has 0 aliphatic carbocycles. The molecule has 1 heterocycles. The molecule has 8 heteroatoms. The standard InChI is InChI=1S/C30H22BrIN2O4/c1-17-7-10-23(11-18(17)2)34-29(36)24(28(35)33-30(34)37)13-20-14-25(31)27(26(32)15-20)38-16-19-8-9-21-5-3-4-6-22(21)12-19/h3-15H,16H2,1-2H3,(H,33,35,37)/b24-13+. The van der Waals surface area contributed by atoms with Gasteiger partial charge in [0.05, 0.1) is 13.7 Å². The third kappa shape index (κ3) is 5.23. The maximum absolute atomic E-state index is 13.3. The predicted molar refractivity (Wildman–Crippen MR) is 160 cm³/mol. The summed E-state index contributed by atoms with van der Waals surface area (Å²) in [5.41, 5.74) is 3.90. The van der Waals surface area contributed by atoms with Gasteiger partial charge in [0, 0.05) is 0 Å². The molecule has 4 aromatic carbocycles. The first kappa shape index (κ1) is 26.1. The molecule has 0 unspecified atom stereocenters. The first-order valence-corrected chi connectivity index (χ1v) is 13.7. The second-order valence-corrected chi connectivity index (χ2v) is 11.0. The number of nitrogens with zero attached hydrogens (tertiary/aromatic N) is 1. The number of fused-ring (bicyclic) bond motifs is 1. The van der Waals surface area contributed by atoms with Gasteiger partial charge in [-0.05, 0) is 122 Å². The average Bonchev–Trinajstić information content (AvgIpc) is 2.88. The number of rotatable bonds is 5. The van der Waals surface area contributed by atoms with E-state index >= 15 is 0 Å². The third-order valence-corrected chi connectivity index (χ3v) is 7.77. The van der Waals surface area contributed by atoms with Gasteiger partial charge in [-0.2, -0.15) is 0 Å². The van der Waals surface area contributed by atoms with Gasteiger partial charge in [0.15, 0.2) is 0 Å². The van der Waals surface area contributed by atoms with Crippen molar-refractivity contribution in [3.8, 4) is 5.75 Å². The largest absolute Gasteiger partial charge is 0.487 e. The Morgan fingerprint density at radius 3 is 2.42 bits per heavy atom. The molecular formula is C30H22BrIN2O4. The second kappa shape index (κ2) is 10.7. The van der Waals surface area contributed by atoms with E-state index in [0.29, 0.717) is 28.1 Å². The highest BCUT2D eigenvalue weighted by Crippen LogP contribution is 2.34. The highest BCUT2D eigenvalue weighted by atomic mass is 127. The highest BCUT2D eigenvalue weighted by Gasteiger charge is 2.37. The highest BCUT2D eigenvalue weighted by molar-refractivity contribution is 14.1. The summed E-state index contributed by atoms with van der Waals surface area (Å²) in [5, 5.41) is 4.59. The number of nitrogens with one attached hydrogen (secondary N) is 1. The quantitative estimate of drug-likeness (QED) is 0.139. The summed E-state index contributed by atoms with van der Waals surface area (Å²) in [6, 6.07) is 22.5. The van der Waals surface area contributed by atoms with Crippen molar-refractivity contribution >= 4 is 78.9 Å². The zero-order valence-corrected chi connectivity index (χ0v) is 24.3. The van der Waals surface area contributed by atoms with Gasteiger partial charge >= 0.3 is 6.03 Å². The van der Waals surface area contributed by atoms with Crippen LogP contribution in [-0.4, -0.2) is 17.8 Å². The number of halogens is 2. The van der Waals surface area contributed by atoms with Crippen LogP contribution < -0.4 is 15.0 Å². The summed E-state index contributed by atoms with van der Waals surface area (Å²) < 4.78 is 7.61. The van der Waals surface area contributed by atoms with Gasteiger partial charge in [-0.1, -0.05) is 42.5 Å². The number of anilines is 1. The van der Waals surface area contributed by atoms with Crippen molar-refractivity contribution in [2.75, 3.05) is 4.90 Å². The molecule has 0 aromatic heterocycles. The van der Waals surface area contributed by atoms with E-state index in [4.69, 9.17) is 4.74 Å². The van der Waals surface area contributed by atoms with Gasteiger partial charge in [0.1, 0.15) is 17.9 Å². The summed E-state index contributed by atoms with van der Waals surface area (Å²) in [7, 11) is 0. The SMILES string of the molecule is Cc1ccc(N2C(=O)NC(=O)/C(=C\c3cc(Br)c(OCc4ccc5ccccc5c4)c(I)c3)C2=O)cc1C. The first-order valence-electron chi connectivity index (χ1n) is 11.8.